The Bertz CT molecular complexity index is 325. The van der Waals surface area contributed by atoms with Crippen molar-refractivity contribution in [3.63, 3.8) is 0 Å². The molecule has 0 aromatic carbocycles. The molecule has 4 heteroatoms. The van der Waals surface area contributed by atoms with Crippen molar-refractivity contribution in [1.82, 2.24) is 0 Å². The molecule has 0 saturated carbocycles. The summed E-state index contributed by atoms with van der Waals surface area (Å²) in [7, 11) is 0. The molecule has 0 amide bonds. The SMILES string of the molecule is Cc1occc1SCC(C)(N)C#N. The molecule has 70 valence electrons. The van der Waals surface area contributed by atoms with Gasteiger partial charge in [-0.05, 0) is 19.9 Å². The van der Waals surface area contributed by atoms with Gasteiger partial charge in [0.2, 0.25) is 0 Å². The molecule has 1 aromatic rings. The molecule has 1 aromatic heterocycles. The molecular weight excluding hydrogens is 184 g/mol. The highest BCUT2D eigenvalue weighted by Crippen LogP contribution is 2.25. The fraction of sp³-hybridized carbons (Fsp3) is 0.444. The van der Waals surface area contributed by atoms with Crippen LogP contribution in [-0.4, -0.2) is 11.3 Å². The summed E-state index contributed by atoms with van der Waals surface area (Å²) >= 11 is 1.54. The fourth-order valence-corrected chi connectivity index (χ4v) is 1.71. The maximum absolute atomic E-state index is 8.68. The number of nitriles is 1. The van der Waals surface area contributed by atoms with E-state index in [4.69, 9.17) is 15.4 Å². The molecule has 0 aliphatic rings. The minimum atomic E-state index is -0.769. The van der Waals surface area contributed by atoms with Crippen LogP contribution in [0, 0.1) is 18.3 Å². The Labute approximate surface area is 81.9 Å². The van der Waals surface area contributed by atoms with E-state index < -0.39 is 5.54 Å². The van der Waals surface area contributed by atoms with Crippen molar-refractivity contribution < 1.29 is 4.42 Å². The third kappa shape index (κ3) is 2.79. The van der Waals surface area contributed by atoms with Crippen molar-refractivity contribution in [3.05, 3.63) is 18.1 Å². The Morgan fingerprint density at radius 2 is 2.46 bits per heavy atom. The summed E-state index contributed by atoms with van der Waals surface area (Å²) in [5.41, 5.74) is 4.90. The van der Waals surface area contributed by atoms with E-state index in [1.165, 1.54) is 0 Å². The number of hydrogen-bond donors (Lipinski definition) is 1. The topological polar surface area (TPSA) is 62.9 Å². The van der Waals surface area contributed by atoms with Crippen molar-refractivity contribution in [2.24, 2.45) is 5.73 Å². The molecule has 3 nitrogen and oxygen atoms in total. The number of furan rings is 1. The van der Waals surface area contributed by atoms with E-state index in [0.29, 0.717) is 5.75 Å². The summed E-state index contributed by atoms with van der Waals surface area (Å²) in [5.74, 6) is 1.45. The summed E-state index contributed by atoms with van der Waals surface area (Å²) in [6.45, 7) is 3.61. The van der Waals surface area contributed by atoms with Crippen LogP contribution in [-0.2, 0) is 0 Å². The first-order valence-corrected chi connectivity index (χ1v) is 4.91. The van der Waals surface area contributed by atoms with Crippen molar-refractivity contribution in [3.8, 4) is 6.07 Å². The minimum absolute atomic E-state index is 0.573. The first-order chi connectivity index (χ1) is 6.05. The maximum atomic E-state index is 8.68. The fourth-order valence-electron chi connectivity index (χ4n) is 0.783. The molecular formula is C9H12N2OS. The molecule has 0 saturated heterocycles. The average molecular weight is 196 g/mol. The van der Waals surface area contributed by atoms with Crippen LogP contribution in [0.4, 0.5) is 0 Å². The number of thioether (sulfide) groups is 1. The zero-order valence-electron chi connectivity index (χ0n) is 7.70. The van der Waals surface area contributed by atoms with E-state index in [2.05, 4.69) is 0 Å². The lowest BCUT2D eigenvalue weighted by Gasteiger charge is -2.13. The van der Waals surface area contributed by atoms with Gasteiger partial charge in [-0.3, -0.25) is 0 Å². The predicted molar refractivity (Wildman–Crippen MR) is 52.4 cm³/mol. The van der Waals surface area contributed by atoms with Crippen molar-refractivity contribution in [1.29, 1.82) is 5.26 Å². The van der Waals surface area contributed by atoms with Crippen LogP contribution < -0.4 is 5.73 Å². The lowest BCUT2D eigenvalue weighted by Crippen LogP contribution is -2.36. The van der Waals surface area contributed by atoms with E-state index in [9.17, 15) is 0 Å². The number of nitrogens with two attached hydrogens (primary N) is 1. The highest BCUT2D eigenvalue weighted by molar-refractivity contribution is 7.99. The van der Waals surface area contributed by atoms with Crippen molar-refractivity contribution in [2.75, 3.05) is 5.75 Å². The molecule has 1 unspecified atom stereocenters. The molecule has 2 N–H and O–H groups in total. The molecule has 0 aliphatic heterocycles. The Morgan fingerprint density at radius 1 is 1.77 bits per heavy atom. The van der Waals surface area contributed by atoms with E-state index in [0.717, 1.165) is 10.7 Å². The molecule has 0 fully saturated rings. The van der Waals surface area contributed by atoms with Gasteiger partial charge in [0.25, 0.3) is 0 Å². The van der Waals surface area contributed by atoms with Crippen LogP contribution in [0.2, 0.25) is 0 Å². The van der Waals surface area contributed by atoms with Crippen LogP contribution in [0.25, 0.3) is 0 Å². The monoisotopic (exact) mass is 196 g/mol. The number of hydrogen-bond acceptors (Lipinski definition) is 4. The van der Waals surface area contributed by atoms with Crippen LogP contribution in [0.15, 0.2) is 21.6 Å². The third-order valence-electron chi connectivity index (χ3n) is 1.59. The van der Waals surface area contributed by atoms with E-state index >= 15 is 0 Å². The predicted octanol–water partition coefficient (Wildman–Crippen LogP) is 1.92. The molecule has 1 atom stereocenters. The second kappa shape index (κ2) is 3.86. The zero-order valence-corrected chi connectivity index (χ0v) is 8.52. The largest absolute Gasteiger partial charge is 0.468 e. The molecule has 0 spiro atoms. The first-order valence-electron chi connectivity index (χ1n) is 3.92. The van der Waals surface area contributed by atoms with Crippen molar-refractivity contribution in [2.45, 2.75) is 24.3 Å². The molecule has 1 heterocycles. The van der Waals surface area contributed by atoms with E-state index in [1.807, 2.05) is 19.1 Å². The standard InChI is InChI=1S/C9H12N2OS/c1-7-8(3-4-12-7)13-6-9(2,11)5-10/h3-4H,6,11H2,1-2H3. The van der Waals surface area contributed by atoms with Gasteiger partial charge in [0.05, 0.1) is 12.3 Å². The Kier molecular flexibility index (Phi) is 3.02. The quantitative estimate of drug-likeness (QED) is 0.750. The second-order valence-electron chi connectivity index (χ2n) is 3.16. The summed E-state index contributed by atoms with van der Waals surface area (Å²) in [4.78, 5) is 1.05. The van der Waals surface area contributed by atoms with Crippen LogP contribution >= 0.6 is 11.8 Å². The van der Waals surface area contributed by atoms with Crippen LogP contribution in [0.1, 0.15) is 12.7 Å². The van der Waals surface area contributed by atoms with Crippen LogP contribution in [0.5, 0.6) is 0 Å². The van der Waals surface area contributed by atoms with Gasteiger partial charge in [0.1, 0.15) is 11.3 Å². The van der Waals surface area contributed by atoms with Gasteiger partial charge >= 0.3 is 0 Å². The Balaban J connectivity index is 2.54. The second-order valence-corrected chi connectivity index (χ2v) is 4.18. The molecule has 0 aliphatic carbocycles. The normalized spacial score (nSPS) is 14.9. The zero-order chi connectivity index (χ0) is 9.90. The average Bonchev–Trinajstić information content (AvgIpc) is 2.48. The van der Waals surface area contributed by atoms with Crippen LogP contribution in [0.3, 0.4) is 0 Å². The summed E-state index contributed by atoms with van der Waals surface area (Å²) < 4.78 is 5.12. The highest BCUT2D eigenvalue weighted by atomic mass is 32.2. The number of rotatable bonds is 3. The van der Waals surface area contributed by atoms with E-state index in [-0.39, 0.29) is 0 Å². The van der Waals surface area contributed by atoms with E-state index in [1.54, 1.807) is 24.9 Å². The lowest BCUT2D eigenvalue weighted by atomic mass is 10.1. The Morgan fingerprint density at radius 3 is 2.92 bits per heavy atom. The van der Waals surface area contributed by atoms with Gasteiger partial charge in [0, 0.05) is 10.6 Å². The first kappa shape index (κ1) is 10.2. The van der Waals surface area contributed by atoms with Gasteiger partial charge in [-0.2, -0.15) is 5.26 Å². The molecule has 0 radical (unpaired) electrons. The van der Waals surface area contributed by atoms with Gasteiger partial charge in [-0.1, -0.05) is 0 Å². The highest BCUT2D eigenvalue weighted by Gasteiger charge is 2.18. The van der Waals surface area contributed by atoms with Gasteiger partial charge < -0.3 is 10.2 Å². The Hall–Kier alpha value is -0.920. The van der Waals surface area contributed by atoms with Gasteiger partial charge in [-0.15, -0.1) is 11.8 Å². The lowest BCUT2D eigenvalue weighted by molar-refractivity contribution is 0.526. The molecule has 0 bridgehead atoms. The maximum Gasteiger partial charge on any atom is 0.114 e. The summed E-state index contributed by atoms with van der Waals surface area (Å²) in [6.07, 6.45) is 1.64. The summed E-state index contributed by atoms with van der Waals surface area (Å²) in [6, 6.07) is 3.93. The number of aryl methyl sites for hydroxylation is 1. The van der Waals surface area contributed by atoms with Crippen molar-refractivity contribution >= 4 is 11.8 Å². The summed E-state index contributed by atoms with van der Waals surface area (Å²) in [5, 5.41) is 8.68. The molecule has 13 heavy (non-hydrogen) atoms. The third-order valence-corrected chi connectivity index (χ3v) is 3.07. The smallest absolute Gasteiger partial charge is 0.114 e. The van der Waals surface area contributed by atoms with Gasteiger partial charge in [0.15, 0.2) is 0 Å². The molecule has 1 rings (SSSR count). The van der Waals surface area contributed by atoms with Gasteiger partial charge in [-0.25, -0.2) is 0 Å². The number of nitrogens with zero attached hydrogens (tertiary/aromatic N) is 1. The minimum Gasteiger partial charge on any atom is -0.468 e.